The van der Waals surface area contributed by atoms with Crippen molar-refractivity contribution < 1.29 is 32.2 Å². The zero-order chi connectivity index (χ0) is 26.5. The summed E-state index contributed by atoms with van der Waals surface area (Å²) < 4.78 is 47.0. The fourth-order valence-corrected chi connectivity index (χ4v) is 4.47. The van der Waals surface area contributed by atoms with Gasteiger partial charge in [-0.25, -0.2) is 9.59 Å². The number of aromatic nitrogens is 2. The summed E-state index contributed by atoms with van der Waals surface area (Å²) in [6.07, 6.45) is -5.29. The average molecular weight is 530 g/mol. The maximum Gasteiger partial charge on any atom is 0.491 e. The second-order valence-electron chi connectivity index (χ2n) is 8.80. The number of halogens is 4. The molecule has 7 nitrogen and oxygen atoms in total. The molecule has 3 aromatic carbocycles. The first-order chi connectivity index (χ1) is 17.5. The van der Waals surface area contributed by atoms with E-state index < -0.39 is 18.1 Å². The minimum absolute atomic E-state index is 0.0772. The second-order valence-corrected chi connectivity index (χ2v) is 9.21. The number of fused-ring (bicyclic) bond motifs is 2. The van der Waals surface area contributed by atoms with Crippen molar-refractivity contribution in [1.29, 1.82) is 0 Å². The van der Waals surface area contributed by atoms with Crippen LogP contribution in [0.1, 0.15) is 27.0 Å². The van der Waals surface area contributed by atoms with Crippen LogP contribution in [-0.4, -0.2) is 40.0 Å². The fourth-order valence-electron chi connectivity index (χ4n) is 4.20. The van der Waals surface area contributed by atoms with Gasteiger partial charge in [0.25, 0.3) is 6.01 Å². The Balaban J connectivity index is 1.40. The van der Waals surface area contributed by atoms with E-state index >= 15 is 0 Å². The van der Waals surface area contributed by atoms with Crippen molar-refractivity contribution in [2.75, 3.05) is 7.05 Å². The Morgan fingerprint density at radius 3 is 2.57 bits per heavy atom. The number of imidazole rings is 1. The number of carbonyl (C=O) groups is 2. The van der Waals surface area contributed by atoms with E-state index in [0.29, 0.717) is 21.6 Å². The molecule has 1 aliphatic rings. The van der Waals surface area contributed by atoms with Crippen LogP contribution >= 0.6 is 11.6 Å². The van der Waals surface area contributed by atoms with Crippen LogP contribution in [0.15, 0.2) is 48.5 Å². The van der Waals surface area contributed by atoms with Gasteiger partial charge in [0, 0.05) is 18.7 Å². The summed E-state index contributed by atoms with van der Waals surface area (Å²) in [7, 11) is 2.06. The standard InChI is InChI=1S/C26H19ClF3N3O4/c1-13-3-6-17(8-18(13)23(34)37-24(35)26(28,29)30)36-25-31-21-9-19(20(27)10-22(21)32-25)14-4-5-15-11-33(2)12-16(15)7-14/h3-10H,11-12H2,1-2H3,(H,31,32). The van der Waals surface area contributed by atoms with Crippen molar-refractivity contribution in [3.8, 4) is 22.9 Å². The number of aromatic amines is 1. The van der Waals surface area contributed by atoms with Crippen LogP contribution in [0.2, 0.25) is 5.02 Å². The van der Waals surface area contributed by atoms with Crippen LogP contribution in [0.3, 0.4) is 0 Å². The lowest BCUT2D eigenvalue weighted by Gasteiger charge is -2.09. The number of H-pyrrole nitrogens is 1. The highest BCUT2D eigenvalue weighted by Crippen LogP contribution is 2.35. The Hall–Kier alpha value is -3.89. The van der Waals surface area contributed by atoms with E-state index in [0.717, 1.165) is 24.2 Å². The Kier molecular flexibility index (Phi) is 6.17. The molecule has 0 amide bonds. The van der Waals surface area contributed by atoms with Gasteiger partial charge in [0.05, 0.1) is 21.6 Å². The SMILES string of the molecule is Cc1ccc(Oc2nc3cc(-c4ccc5c(c4)CN(C)C5)c(Cl)cc3[nH]2)cc1C(=O)OC(=O)C(F)(F)F. The molecule has 0 bridgehead atoms. The van der Waals surface area contributed by atoms with E-state index in [1.165, 1.54) is 36.2 Å². The molecular weight excluding hydrogens is 511 g/mol. The molecule has 1 N–H and O–H groups in total. The van der Waals surface area contributed by atoms with Crippen LogP contribution in [0.25, 0.3) is 22.2 Å². The summed E-state index contributed by atoms with van der Waals surface area (Å²) >= 11 is 6.58. The first-order valence-electron chi connectivity index (χ1n) is 11.1. The number of esters is 2. The molecule has 0 fully saturated rings. The quantitative estimate of drug-likeness (QED) is 0.251. The lowest BCUT2D eigenvalue weighted by molar-refractivity contribution is -0.193. The third kappa shape index (κ3) is 5.03. The molecule has 2 heterocycles. The maximum atomic E-state index is 12.5. The highest BCUT2D eigenvalue weighted by Gasteiger charge is 2.42. The fraction of sp³-hybridized carbons (Fsp3) is 0.192. The number of ether oxygens (including phenoxy) is 2. The molecule has 1 aliphatic heterocycles. The smallest absolute Gasteiger partial charge is 0.426 e. The van der Waals surface area contributed by atoms with E-state index in [1.807, 2.05) is 12.1 Å². The number of rotatable bonds is 4. The lowest BCUT2D eigenvalue weighted by atomic mass is 10.00. The number of benzene rings is 3. The van der Waals surface area contributed by atoms with E-state index in [2.05, 4.69) is 38.8 Å². The number of nitrogens with zero attached hydrogens (tertiary/aromatic N) is 2. The van der Waals surface area contributed by atoms with Crippen LogP contribution in [0.5, 0.6) is 11.8 Å². The topological polar surface area (TPSA) is 84.5 Å². The molecule has 0 atom stereocenters. The summed E-state index contributed by atoms with van der Waals surface area (Å²) in [4.78, 5) is 32.8. The molecule has 11 heteroatoms. The Labute approximate surface area is 213 Å². The van der Waals surface area contributed by atoms with Crippen molar-refractivity contribution >= 4 is 34.6 Å². The van der Waals surface area contributed by atoms with Gasteiger partial charge < -0.3 is 14.5 Å². The predicted octanol–water partition coefficient (Wildman–Crippen LogP) is 6.18. The number of alkyl halides is 3. The first kappa shape index (κ1) is 24.8. The number of carbonyl (C=O) groups excluding carboxylic acids is 2. The lowest BCUT2D eigenvalue weighted by Crippen LogP contribution is -2.28. The minimum atomic E-state index is -5.29. The summed E-state index contributed by atoms with van der Waals surface area (Å²) in [5.41, 5.74) is 5.52. The van der Waals surface area contributed by atoms with Crippen LogP contribution < -0.4 is 4.74 Å². The van der Waals surface area contributed by atoms with Crippen molar-refractivity contribution in [3.05, 3.63) is 75.8 Å². The van der Waals surface area contributed by atoms with Crippen LogP contribution in [0.4, 0.5) is 13.2 Å². The van der Waals surface area contributed by atoms with E-state index in [-0.39, 0.29) is 17.3 Å². The first-order valence-corrected chi connectivity index (χ1v) is 11.5. The van der Waals surface area contributed by atoms with Gasteiger partial charge in [-0.1, -0.05) is 29.8 Å². The summed E-state index contributed by atoms with van der Waals surface area (Å²) in [6.45, 7) is 3.25. The molecule has 0 aliphatic carbocycles. The maximum absolute atomic E-state index is 12.5. The van der Waals surface area contributed by atoms with Gasteiger partial charge >= 0.3 is 18.1 Å². The number of aryl methyl sites for hydroxylation is 1. The molecule has 190 valence electrons. The van der Waals surface area contributed by atoms with Gasteiger partial charge in [-0.05, 0) is 66.6 Å². The van der Waals surface area contributed by atoms with Crippen molar-refractivity contribution in [2.45, 2.75) is 26.2 Å². The molecule has 1 aromatic heterocycles. The molecule has 0 saturated carbocycles. The summed E-state index contributed by atoms with van der Waals surface area (Å²) in [6, 6.07) is 14.0. The molecular formula is C26H19ClF3N3O4. The van der Waals surface area contributed by atoms with E-state index in [1.54, 1.807) is 6.07 Å². The second kappa shape index (κ2) is 9.20. The number of hydrogen-bond donors (Lipinski definition) is 1. The molecule has 0 spiro atoms. The molecule has 37 heavy (non-hydrogen) atoms. The Morgan fingerprint density at radius 1 is 1.05 bits per heavy atom. The third-order valence-corrected chi connectivity index (χ3v) is 6.32. The molecule has 0 saturated heterocycles. The number of hydrogen-bond acceptors (Lipinski definition) is 6. The highest BCUT2D eigenvalue weighted by molar-refractivity contribution is 6.34. The third-order valence-electron chi connectivity index (χ3n) is 6.01. The zero-order valence-corrected chi connectivity index (χ0v) is 20.3. The van der Waals surface area contributed by atoms with E-state index in [9.17, 15) is 22.8 Å². The van der Waals surface area contributed by atoms with Gasteiger partial charge in [0.2, 0.25) is 0 Å². The monoisotopic (exact) mass is 529 g/mol. The Morgan fingerprint density at radius 2 is 1.81 bits per heavy atom. The summed E-state index contributed by atoms with van der Waals surface area (Å²) in [5, 5.41) is 0.517. The van der Waals surface area contributed by atoms with Crippen molar-refractivity contribution in [3.63, 3.8) is 0 Å². The zero-order valence-electron chi connectivity index (χ0n) is 19.6. The minimum Gasteiger partial charge on any atom is -0.426 e. The van der Waals surface area contributed by atoms with E-state index in [4.69, 9.17) is 16.3 Å². The largest absolute Gasteiger partial charge is 0.491 e. The van der Waals surface area contributed by atoms with Gasteiger partial charge in [0.1, 0.15) is 5.75 Å². The molecule has 4 aromatic rings. The van der Waals surface area contributed by atoms with Gasteiger partial charge in [-0.2, -0.15) is 18.2 Å². The number of nitrogens with one attached hydrogen (secondary N) is 1. The average Bonchev–Trinajstić information content (AvgIpc) is 3.39. The van der Waals surface area contributed by atoms with Crippen molar-refractivity contribution in [1.82, 2.24) is 14.9 Å². The molecule has 0 radical (unpaired) electrons. The van der Waals surface area contributed by atoms with Crippen LogP contribution in [0, 0.1) is 6.92 Å². The Bertz CT molecular complexity index is 1560. The molecule has 0 unspecified atom stereocenters. The van der Waals surface area contributed by atoms with Gasteiger partial charge in [-0.15, -0.1) is 0 Å². The highest BCUT2D eigenvalue weighted by atomic mass is 35.5. The predicted molar refractivity (Wildman–Crippen MR) is 129 cm³/mol. The van der Waals surface area contributed by atoms with Gasteiger partial charge in [0.15, 0.2) is 0 Å². The van der Waals surface area contributed by atoms with Crippen molar-refractivity contribution in [2.24, 2.45) is 0 Å². The van der Waals surface area contributed by atoms with Gasteiger partial charge in [-0.3, -0.25) is 4.90 Å². The molecule has 5 rings (SSSR count). The normalized spacial score (nSPS) is 13.6. The van der Waals surface area contributed by atoms with Crippen LogP contribution in [-0.2, 0) is 22.6 Å². The summed E-state index contributed by atoms with van der Waals surface area (Å²) in [5.74, 6) is -3.93.